The van der Waals surface area contributed by atoms with E-state index >= 15 is 0 Å². The molecule has 0 aromatic heterocycles. The number of hydrogen-bond acceptors (Lipinski definition) is 3. The zero-order valence-corrected chi connectivity index (χ0v) is 18.4. The van der Waals surface area contributed by atoms with Gasteiger partial charge in [0.05, 0.1) is 17.3 Å². The van der Waals surface area contributed by atoms with Gasteiger partial charge in [0, 0.05) is 4.47 Å². The minimum Gasteiger partial charge on any atom is -0.484 e. The van der Waals surface area contributed by atoms with E-state index in [2.05, 4.69) is 26.6 Å². The van der Waals surface area contributed by atoms with E-state index in [4.69, 9.17) is 4.74 Å². The summed E-state index contributed by atoms with van der Waals surface area (Å²) in [6.45, 7) is 3.71. The van der Waals surface area contributed by atoms with Crippen molar-refractivity contribution in [3.63, 3.8) is 0 Å². The monoisotopic (exact) mass is 466 g/mol. The highest BCUT2D eigenvalue weighted by Crippen LogP contribution is 2.22. The first-order chi connectivity index (χ1) is 14.4. The van der Waals surface area contributed by atoms with Gasteiger partial charge in [0.2, 0.25) is 0 Å². The summed E-state index contributed by atoms with van der Waals surface area (Å²) >= 11 is 3.43. The molecule has 2 amide bonds. The van der Waals surface area contributed by atoms with E-state index in [1.165, 1.54) is 0 Å². The van der Waals surface area contributed by atoms with Gasteiger partial charge >= 0.3 is 0 Å². The van der Waals surface area contributed by atoms with Gasteiger partial charge in [-0.15, -0.1) is 0 Å². The number of carbonyl (C=O) groups is 2. The van der Waals surface area contributed by atoms with Gasteiger partial charge in [-0.2, -0.15) is 0 Å². The van der Waals surface area contributed by atoms with Gasteiger partial charge in [0.15, 0.2) is 6.61 Å². The Kier molecular flexibility index (Phi) is 7.25. The lowest BCUT2D eigenvalue weighted by atomic mass is 10.1. The lowest BCUT2D eigenvalue weighted by molar-refractivity contribution is -0.118. The molecule has 0 aliphatic carbocycles. The summed E-state index contributed by atoms with van der Waals surface area (Å²) in [7, 11) is 0. The van der Waals surface area contributed by atoms with E-state index in [1.54, 1.807) is 30.3 Å². The van der Waals surface area contributed by atoms with Gasteiger partial charge in [-0.25, -0.2) is 0 Å². The summed E-state index contributed by atoms with van der Waals surface area (Å²) in [4.78, 5) is 25.2. The Labute approximate surface area is 184 Å². The first-order valence-corrected chi connectivity index (χ1v) is 10.4. The maximum atomic E-state index is 12.8. The lowest BCUT2D eigenvalue weighted by Crippen LogP contribution is -2.28. The first-order valence-electron chi connectivity index (χ1n) is 9.57. The molecule has 0 heterocycles. The smallest absolute Gasteiger partial charge is 0.262 e. The Balaban J connectivity index is 1.63. The number of carbonyl (C=O) groups excluding carboxylic acids is 2. The third kappa shape index (κ3) is 5.70. The third-order valence-electron chi connectivity index (χ3n) is 4.59. The van der Waals surface area contributed by atoms with Crippen molar-refractivity contribution in [3.8, 4) is 5.75 Å². The van der Waals surface area contributed by atoms with Crippen molar-refractivity contribution < 1.29 is 14.3 Å². The van der Waals surface area contributed by atoms with Crippen molar-refractivity contribution in [3.05, 3.63) is 94.0 Å². The minimum atomic E-state index is -0.341. The Morgan fingerprint density at radius 3 is 2.43 bits per heavy atom. The summed E-state index contributed by atoms with van der Waals surface area (Å²) in [6.07, 6.45) is 0. The second-order valence-corrected chi connectivity index (χ2v) is 7.75. The fraction of sp³-hybridized carbons (Fsp3) is 0.167. The van der Waals surface area contributed by atoms with Crippen LogP contribution in [-0.2, 0) is 4.79 Å². The van der Waals surface area contributed by atoms with Crippen molar-refractivity contribution in [1.29, 1.82) is 0 Å². The summed E-state index contributed by atoms with van der Waals surface area (Å²) in [5.74, 6) is 0.00667. The van der Waals surface area contributed by atoms with Crippen molar-refractivity contribution in [2.24, 2.45) is 0 Å². The standard InChI is InChI=1S/C24H23BrN2O3/c1-16-14-19(12-13-21(16)25)30-15-23(28)27-22-11-7-6-10-20(22)24(29)26-17(2)18-8-4-3-5-9-18/h3-14,17H,15H2,1-2H3,(H,26,29)(H,27,28)/t17-/m0/s1. The Bertz CT molecular complexity index is 1040. The van der Waals surface area contributed by atoms with Crippen LogP contribution in [0.25, 0.3) is 0 Å². The number of amides is 2. The summed E-state index contributed by atoms with van der Waals surface area (Å²) in [5, 5.41) is 5.74. The zero-order valence-electron chi connectivity index (χ0n) is 16.8. The van der Waals surface area contributed by atoms with Crippen LogP contribution in [0, 0.1) is 6.92 Å². The van der Waals surface area contributed by atoms with Crippen LogP contribution in [0.3, 0.4) is 0 Å². The predicted molar refractivity (Wildman–Crippen MR) is 122 cm³/mol. The Morgan fingerprint density at radius 2 is 1.70 bits per heavy atom. The first kappa shape index (κ1) is 21.6. The van der Waals surface area contributed by atoms with Gasteiger partial charge in [0.1, 0.15) is 5.75 Å². The number of ether oxygens (including phenoxy) is 1. The zero-order chi connectivity index (χ0) is 21.5. The molecule has 30 heavy (non-hydrogen) atoms. The topological polar surface area (TPSA) is 67.4 Å². The fourth-order valence-electron chi connectivity index (χ4n) is 2.93. The largest absolute Gasteiger partial charge is 0.484 e. The highest BCUT2D eigenvalue weighted by atomic mass is 79.9. The summed E-state index contributed by atoms with van der Waals surface area (Å²) in [6, 6.07) is 22.0. The number of para-hydroxylation sites is 1. The van der Waals surface area contributed by atoms with Crippen molar-refractivity contribution in [1.82, 2.24) is 5.32 Å². The number of anilines is 1. The van der Waals surface area contributed by atoms with E-state index in [0.717, 1.165) is 15.6 Å². The maximum absolute atomic E-state index is 12.8. The molecule has 2 N–H and O–H groups in total. The molecule has 0 saturated heterocycles. The molecule has 0 radical (unpaired) electrons. The molecule has 0 saturated carbocycles. The van der Waals surface area contributed by atoms with Gasteiger partial charge in [-0.1, -0.05) is 58.4 Å². The maximum Gasteiger partial charge on any atom is 0.262 e. The molecule has 0 aliphatic rings. The SMILES string of the molecule is Cc1cc(OCC(=O)Nc2ccccc2C(=O)N[C@@H](C)c2ccccc2)ccc1Br. The molecule has 3 aromatic rings. The van der Waals surface area contributed by atoms with E-state index in [9.17, 15) is 9.59 Å². The van der Waals surface area contributed by atoms with Crippen molar-refractivity contribution >= 4 is 33.4 Å². The second kappa shape index (κ2) is 10.1. The molecule has 0 fully saturated rings. The summed E-state index contributed by atoms with van der Waals surface area (Å²) in [5.41, 5.74) is 2.86. The normalized spacial score (nSPS) is 11.4. The molecular formula is C24H23BrN2O3. The van der Waals surface area contributed by atoms with Crippen LogP contribution in [0.2, 0.25) is 0 Å². The molecule has 0 bridgehead atoms. The molecule has 0 spiro atoms. The van der Waals surface area contributed by atoms with E-state index in [-0.39, 0.29) is 24.5 Å². The number of rotatable bonds is 7. The van der Waals surface area contributed by atoms with Crippen molar-refractivity contribution in [2.45, 2.75) is 19.9 Å². The van der Waals surface area contributed by atoms with Crippen LogP contribution < -0.4 is 15.4 Å². The van der Waals surface area contributed by atoms with Crippen LogP contribution in [0.5, 0.6) is 5.75 Å². The molecule has 6 heteroatoms. The molecule has 3 rings (SSSR count). The molecule has 3 aromatic carbocycles. The molecule has 1 atom stereocenters. The van der Waals surface area contributed by atoms with Crippen LogP contribution in [0.4, 0.5) is 5.69 Å². The number of nitrogens with one attached hydrogen (secondary N) is 2. The Hall–Kier alpha value is -3.12. The molecular weight excluding hydrogens is 444 g/mol. The lowest BCUT2D eigenvalue weighted by Gasteiger charge is -2.16. The minimum absolute atomic E-state index is 0.155. The van der Waals surface area contributed by atoms with Gasteiger partial charge < -0.3 is 15.4 Å². The highest BCUT2D eigenvalue weighted by Gasteiger charge is 2.16. The third-order valence-corrected chi connectivity index (χ3v) is 5.48. The molecule has 0 unspecified atom stereocenters. The average Bonchev–Trinajstić information content (AvgIpc) is 2.75. The predicted octanol–water partition coefficient (Wildman–Crippen LogP) is 5.27. The van der Waals surface area contributed by atoms with Gasteiger partial charge in [-0.05, 0) is 55.3 Å². The van der Waals surface area contributed by atoms with E-state index in [1.807, 2.05) is 56.3 Å². The number of halogens is 1. The van der Waals surface area contributed by atoms with Crippen LogP contribution in [0.1, 0.15) is 34.5 Å². The molecule has 154 valence electrons. The highest BCUT2D eigenvalue weighted by molar-refractivity contribution is 9.10. The second-order valence-electron chi connectivity index (χ2n) is 6.90. The Morgan fingerprint density at radius 1 is 1.00 bits per heavy atom. The average molecular weight is 467 g/mol. The quantitative estimate of drug-likeness (QED) is 0.498. The fourth-order valence-corrected chi connectivity index (χ4v) is 3.18. The summed E-state index contributed by atoms with van der Waals surface area (Å²) < 4.78 is 6.54. The number of aryl methyl sites for hydroxylation is 1. The van der Waals surface area contributed by atoms with E-state index in [0.29, 0.717) is 17.0 Å². The van der Waals surface area contributed by atoms with E-state index < -0.39 is 0 Å². The van der Waals surface area contributed by atoms with Crippen LogP contribution in [-0.4, -0.2) is 18.4 Å². The van der Waals surface area contributed by atoms with Crippen molar-refractivity contribution in [2.75, 3.05) is 11.9 Å². The van der Waals surface area contributed by atoms with Gasteiger partial charge in [0.25, 0.3) is 11.8 Å². The van der Waals surface area contributed by atoms with Crippen LogP contribution in [0.15, 0.2) is 77.3 Å². The van der Waals surface area contributed by atoms with Gasteiger partial charge in [-0.3, -0.25) is 9.59 Å². The number of benzene rings is 3. The molecule has 5 nitrogen and oxygen atoms in total. The van der Waals surface area contributed by atoms with Crippen LogP contribution >= 0.6 is 15.9 Å². The number of hydrogen-bond donors (Lipinski definition) is 2. The molecule has 0 aliphatic heterocycles.